The number of Topliss-reactive ketones (excluding diaryl/α,β-unsaturated/α-hetero) is 1. The molecule has 0 aliphatic rings. The number of benzene rings is 2. The molecule has 178 valence electrons. The molecule has 2 aromatic carbocycles. The van der Waals surface area contributed by atoms with Crippen molar-refractivity contribution < 1.29 is 22.8 Å². The predicted octanol–water partition coefficient (Wildman–Crippen LogP) is 2.86. The molecule has 2 amide bonds. The first-order chi connectivity index (χ1) is 15.4. The van der Waals surface area contributed by atoms with E-state index in [2.05, 4.69) is 5.32 Å². The Morgan fingerprint density at radius 2 is 1.73 bits per heavy atom. The van der Waals surface area contributed by atoms with Gasteiger partial charge in [-0.05, 0) is 50.6 Å². The normalized spacial score (nSPS) is 12.0. The Morgan fingerprint density at radius 3 is 2.27 bits per heavy atom. The molecule has 0 heterocycles. The fourth-order valence-electron chi connectivity index (χ4n) is 3.18. The lowest BCUT2D eigenvalue weighted by molar-refractivity contribution is -0.139. The van der Waals surface area contributed by atoms with E-state index < -0.39 is 28.5 Å². The molecule has 10 heteroatoms. The Hall–Kier alpha value is -2.91. The van der Waals surface area contributed by atoms with Gasteiger partial charge in [0.05, 0.1) is 11.9 Å². The lowest BCUT2D eigenvalue weighted by atomic mass is 10.1. The molecule has 0 aromatic heterocycles. The van der Waals surface area contributed by atoms with Crippen LogP contribution < -0.4 is 9.62 Å². The summed E-state index contributed by atoms with van der Waals surface area (Å²) in [6.45, 7) is 4.66. The molecule has 33 heavy (non-hydrogen) atoms. The first-order valence-electron chi connectivity index (χ1n) is 10.3. The van der Waals surface area contributed by atoms with Gasteiger partial charge in [-0.15, -0.1) is 0 Å². The van der Waals surface area contributed by atoms with Gasteiger partial charge in [0, 0.05) is 23.7 Å². The van der Waals surface area contributed by atoms with Crippen LogP contribution >= 0.6 is 11.6 Å². The Kier molecular flexibility index (Phi) is 9.01. The number of carbonyl (C=O) groups is 3. The van der Waals surface area contributed by atoms with Crippen LogP contribution in [0.25, 0.3) is 0 Å². The van der Waals surface area contributed by atoms with Crippen LogP contribution in [0.5, 0.6) is 0 Å². The highest BCUT2D eigenvalue weighted by Crippen LogP contribution is 2.21. The molecule has 0 saturated heterocycles. The summed E-state index contributed by atoms with van der Waals surface area (Å²) in [5, 5.41) is 3.22. The van der Waals surface area contributed by atoms with Gasteiger partial charge in [-0.25, -0.2) is 8.42 Å². The number of sulfonamides is 1. The summed E-state index contributed by atoms with van der Waals surface area (Å²) in [6, 6.07) is 12.0. The number of halogens is 1. The summed E-state index contributed by atoms with van der Waals surface area (Å²) in [4.78, 5) is 38.9. The van der Waals surface area contributed by atoms with E-state index in [0.717, 1.165) is 16.1 Å². The van der Waals surface area contributed by atoms with Crippen LogP contribution in [-0.2, 0) is 26.2 Å². The second-order valence-electron chi connectivity index (χ2n) is 7.59. The standard InChI is InChI=1S/C23H28ClN3O5S/c1-5-25-23(30)16(2)26(14-18-9-11-20(24)12-10-18)22(29)15-27(33(4,31)32)21-8-6-7-19(13-21)17(3)28/h6-13,16H,5,14-15H2,1-4H3,(H,25,30). The summed E-state index contributed by atoms with van der Waals surface area (Å²) in [7, 11) is -3.87. The number of amides is 2. The van der Waals surface area contributed by atoms with Gasteiger partial charge in [0.25, 0.3) is 0 Å². The zero-order chi connectivity index (χ0) is 24.8. The molecule has 8 nitrogen and oxygen atoms in total. The Morgan fingerprint density at radius 1 is 1.09 bits per heavy atom. The maximum Gasteiger partial charge on any atom is 0.244 e. The highest BCUT2D eigenvalue weighted by molar-refractivity contribution is 7.92. The van der Waals surface area contributed by atoms with E-state index in [1.165, 1.54) is 24.0 Å². The Balaban J connectivity index is 2.41. The molecule has 0 bridgehead atoms. The van der Waals surface area contributed by atoms with Crippen LogP contribution in [0.1, 0.15) is 36.7 Å². The fraction of sp³-hybridized carbons (Fsp3) is 0.348. The Bertz CT molecular complexity index is 1120. The quantitative estimate of drug-likeness (QED) is 0.512. The number of anilines is 1. The summed E-state index contributed by atoms with van der Waals surface area (Å²) >= 11 is 5.94. The molecule has 1 unspecified atom stereocenters. The third kappa shape index (κ3) is 7.30. The van der Waals surface area contributed by atoms with E-state index >= 15 is 0 Å². The number of hydrogen-bond donors (Lipinski definition) is 1. The number of ketones is 1. The van der Waals surface area contributed by atoms with Gasteiger partial charge >= 0.3 is 0 Å². The number of likely N-dealkylation sites (N-methyl/N-ethyl adjacent to an activating group) is 1. The number of nitrogens with one attached hydrogen (secondary N) is 1. The van der Waals surface area contributed by atoms with Gasteiger partial charge in [-0.3, -0.25) is 18.7 Å². The van der Waals surface area contributed by atoms with Crippen LogP contribution in [0.15, 0.2) is 48.5 Å². The van der Waals surface area contributed by atoms with E-state index in [1.807, 2.05) is 0 Å². The van der Waals surface area contributed by atoms with Gasteiger partial charge in [0.2, 0.25) is 21.8 Å². The lowest BCUT2D eigenvalue weighted by Gasteiger charge is -2.31. The summed E-state index contributed by atoms with van der Waals surface area (Å²) in [5.74, 6) is -1.16. The molecule has 0 aliphatic carbocycles. The van der Waals surface area contributed by atoms with Crippen molar-refractivity contribution in [2.75, 3.05) is 23.7 Å². The number of hydrogen-bond acceptors (Lipinski definition) is 5. The summed E-state index contributed by atoms with van der Waals surface area (Å²) < 4.78 is 26.0. The topological polar surface area (TPSA) is 104 Å². The minimum Gasteiger partial charge on any atom is -0.355 e. The molecule has 1 N–H and O–H groups in total. The molecule has 0 saturated carbocycles. The molecule has 2 rings (SSSR count). The lowest BCUT2D eigenvalue weighted by Crippen LogP contribution is -2.51. The van der Waals surface area contributed by atoms with Gasteiger partial charge < -0.3 is 10.2 Å². The van der Waals surface area contributed by atoms with Crippen molar-refractivity contribution in [3.63, 3.8) is 0 Å². The second kappa shape index (κ2) is 11.3. The van der Waals surface area contributed by atoms with Gasteiger partial charge in [0.15, 0.2) is 5.78 Å². The summed E-state index contributed by atoms with van der Waals surface area (Å²) in [6.07, 6.45) is 0.984. The van der Waals surface area contributed by atoms with Crippen LogP contribution in [-0.4, -0.2) is 56.3 Å². The van der Waals surface area contributed by atoms with E-state index in [1.54, 1.807) is 50.2 Å². The molecule has 0 aliphatic heterocycles. The molecule has 0 fully saturated rings. The van der Waals surface area contributed by atoms with E-state index in [9.17, 15) is 22.8 Å². The monoisotopic (exact) mass is 493 g/mol. The summed E-state index contributed by atoms with van der Waals surface area (Å²) in [5.41, 5.74) is 1.24. The molecule has 2 aromatic rings. The molecular formula is C23H28ClN3O5S. The van der Waals surface area contributed by atoms with Gasteiger partial charge in [0.1, 0.15) is 12.6 Å². The average molecular weight is 494 g/mol. The Labute approximate surface area is 199 Å². The van der Waals surface area contributed by atoms with Crippen molar-refractivity contribution in [1.82, 2.24) is 10.2 Å². The van der Waals surface area contributed by atoms with Crippen molar-refractivity contribution in [1.29, 1.82) is 0 Å². The van der Waals surface area contributed by atoms with E-state index in [-0.39, 0.29) is 23.9 Å². The van der Waals surface area contributed by atoms with Gasteiger partial charge in [-0.2, -0.15) is 0 Å². The van der Waals surface area contributed by atoms with Crippen molar-refractivity contribution >= 4 is 44.9 Å². The van der Waals surface area contributed by atoms with Gasteiger partial charge in [-0.1, -0.05) is 35.9 Å². The maximum absolute atomic E-state index is 13.4. The van der Waals surface area contributed by atoms with Crippen LogP contribution in [0, 0.1) is 0 Å². The minimum absolute atomic E-state index is 0.0827. The van der Waals surface area contributed by atoms with Crippen LogP contribution in [0.3, 0.4) is 0 Å². The van der Waals surface area contributed by atoms with E-state index in [0.29, 0.717) is 17.1 Å². The van der Waals surface area contributed by atoms with Crippen LogP contribution in [0.4, 0.5) is 5.69 Å². The molecule has 1 atom stereocenters. The first-order valence-corrected chi connectivity index (χ1v) is 12.6. The number of nitrogens with zero attached hydrogens (tertiary/aromatic N) is 2. The van der Waals surface area contributed by atoms with Crippen molar-refractivity contribution in [3.8, 4) is 0 Å². The second-order valence-corrected chi connectivity index (χ2v) is 9.94. The van der Waals surface area contributed by atoms with Crippen molar-refractivity contribution in [2.45, 2.75) is 33.4 Å². The largest absolute Gasteiger partial charge is 0.355 e. The van der Waals surface area contributed by atoms with Crippen molar-refractivity contribution in [3.05, 3.63) is 64.7 Å². The number of carbonyl (C=O) groups excluding carboxylic acids is 3. The van der Waals surface area contributed by atoms with Crippen molar-refractivity contribution in [2.24, 2.45) is 0 Å². The average Bonchev–Trinajstić information content (AvgIpc) is 2.75. The highest BCUT2D eigenvalue weighted by atomic mass is 35.5. The highest BCUT2D eigenvalue weighted by Gasteiger charge is 2.30. The maximum atomic E-state index is 13.4. The smallest absolute Gasteiger partial charge is 0.244 e. The molecule has 0 radical (unpaired) electrons. The third-order valence-corrected chi connectivity index (χ3v) is 6.40. The molecular weight excluding hydrogens is 466 g/mol. The molecule has 0 spiro atoms. The zero-order valence-corrected chi connectivity index (χ0v) is 20.6. The fourth-order valence-corrected chi connectivity index (χ4v) is 4.15. The minimum atomic E-state index is -3.87. The first kappa shape index (κ1) is 26.3. The number of rotatable bonds is 10. The van der Waals surface area contributed by atoms with E-state index in [4.69, 9.17) is 11.6 Å². The zero-order valence-electron chi connectivity index (χ0n) is 19.0. The van der Waals surface area contributed by atoms with Crippen LogP contribution in [0.2, 0.25) is 5.02 Å². The third-order valence-electron chi connectivity index (χ3n) is 5.00. The predicted molar refractivity (Wildman–Crippen MR) is 129 cm³/mol. The SMILES string of the molecule is CCNC(=O)C(C)N(Cc1ccc(Cl)cc1)C(=O)CN(c1cccc(C(C)=O)c1)S(C)(=O)=O.